The number of fused-ring (bicyclic) bond motifs is 1. The molecule has 1 aromatic rings. The van der Waals surface area contributed by atoms with Gasteiger partial charge >= 0.3 is 0 Å². The lowest BCUT2D eigenvalue weighted by molar-refractivity contribution is 0.707. The lowest BCUT2D eigenvalue weighted by Gasteiger charge is -2.12. The Morgan fingerprint density at radius 2 is 2.23 bits per heavy atom. The Morgan fingerprint density at radius 1 is 1.38 bits per heavy atom. The summed E-state index contributed by atoms with van der Waals surface area (Å²) in [6.07, 6.45) is 4.19. The van der Waals surface area contributed by atoms with Crippen molar-refractivity contribution < 1.29 is 0 Å². The molecule has 0 aromatic heterocycles. The number of aryl methyl sites for hydroxylation is 1. The first-order valence-electron chi connectivity index (χ1n) is 4.78. The van der Waals surface area contributed by atoms with E-state index in [0.717, 1.165) is 6.54 Å². The molecule has 0 spiro atoms. The number of nitrogens with one attached hydrogen (secondary N) is 1. The monoisotopic (exact) mass is 173 g/mol. The highest BCUT2D eigenvalue weighted by atomic mass is 14.8. The normalized spacial score (nSPS) is 20.3. The Morgan fingerprint density at radius 3 is 3.08 bits per heavy atom. The molecule has 0 fully saturated rings. The smallest absolute Gasteiger partial charge is 0.0207 e. The van der Waals surface area contributed by atoms with Gasteiger partial charge in [0.2, 0.25) is 0 Å². The summed E-state index contributed by atoms with van der Waals surface area (Å²) in [6.45, 7) is 5.44. The van der Waals surface area contributed by atoms with Crippen molar-refractivity contribution in [1.82, 2.24) is 5.32 Å². The Balaban J connectivity index is 2.51. The molecule has 13 heavy (non-hydrogen) atoms. The van der Waals surface area contributed by atoms with Crippen LogP contribution in [-0.4, -0.2) is 6.54 Å². The second kappa shape index (κ2) is 3.25. The molecule has 0 saturated carbocycles. The van der Waals surface area contributed by atoms with Crippen LogP contribution in [-0.2, 0) is 0 Å². The molecule has 0 saturated heterocycles. The molecule has 0 bridgehead atoms. The summed E-state index contributed by atoms with van der Waals surface area (Å²) in [5, 5.41) is 3.28. The molecular formula is C12H15N. The zero-order valence-electron chi connectivity index (χ0n) is 8.17. The van der Waals surface area contributed by atoms with E-state index >= 15 is 0 Å². The van der Waals surface area contributed by atoms with E-state index in [0.29, 0.717) is 5.92 Å². The van der Waals surface area contributed by atoms with Crippen molar-refractivity contribution in [3.8, 4) is 0 Å². The number of benzene rings is 1. The minimum absolute atomic E-state index is 0.602. The Labute approximate surface area is 79.5 Å². The van der Waals surface area contributed by atoms with Crippen LogP contribution >= 0.6 is 0 Å². The van der Waals surface area contributed by atoms with Crippen molar-refractivity contribution in [1.29, 1.82) is 0 Å². The van der Waals surface area contributed by atoms with E-state index in [-0.39, 0.29) is 0 Å². The summed E-state index contributed by atoms with van der Waals surface area (Å²) in [5.41, 5.74) is 4.16. The third-order valence-electron chi connectivity index (χ3n) is 2.58. The van der Waals surface area contributed by atoms with Crippen LogP contribution in [0.2, 0.25) is 0 Å². The maximum atomic E-state index is 3.28. The largest absolute Gasteiger partial charge is 0.390 e. The predicted octanol–water partition coefficient (Wildman–Crippen LogP) is 2.67. The van der Waals surface area contributed by atoms with Crippen molar-refractivity contribution in [2.24, 2.45) is 0 Å². The molecule has 1 aliphatic heterocycles. The van der Waals surface area contributed by atoms with Crippen molar-refractivity contribution >= 4 is 6.08 Å². The fraction of sp³-hybridized carbons (Fsp3) is 0.333. The summed E-state index contributed by atoms with van der Waals surface area (Å²) in [5.74, 6) is 0.602. The van der Waals surface area contributed by atoms with E-state index in [1.165, 1.54) is 16.7 Å². The van der Waals surface area contributed by atoms with Gasteiger partial charge in [-0.25, -0.2) is 0 Å². The second-order valence-electron chi connectivity index (χ2n) is 3.78. The molecule has 1 aromatic carbocycles. The molecule has 1 N–H and O–H groups in total. The van der Waals surface area contributed by atoms with Gasteiger partial charge in [-0.15, -0.1) is 0 Å². The third-order valence-corrected chi connectivity index (χ3v) is 2.58. The number of hydrogen-bond acceptors (Lipinski definition) is 1. The lowest BCUT2D eigenvalue weighted by atomic mass is 9.95. The zero-order valence-corrected chi connectivity index (χ0v) is 8.17. The molecule has 2 rings (SSSR count). The van der Waals surface area contributed by atoms with Gasteiger partial charge in [-0.2, -0.15) is 0 Å². The van der Waals surface area contributed by atoms with E-state index in [9.17, 15) is 0 Å². The lowest BCUT2D eigenvalue weighted by Crippen LogP contribution is -2.12. The number of rotatable bonds is 0. The molecule has 1 unspecified atom stereocenters. The van der Waals surface area contributed by atoms with Gasteiger partial charge in [0.15, 0.2) is 0 Å². The topological polar surface area (TPSA) is 12.0 Å². The van der Waals surface area contributed by atoms with Gasteiger partial charge < -0.3 is 5.32 Å². The quantitative estimate of drug-likeness (QED) is 0.636. The summed E-state index contributed by atoms with van der Waals surface area (Å²) < 4.78 is 0. The highest BCUT2D eigenvalue weighted by molar-refractivity contribution is 5.56. The number of hydrogen-bond donors (Lipinski definition) is 1. The van der Waals surface area contributed by atoms with E-state index in [1.807, 2.05) is 6.20 Å². The standard InChI is InChI=1S/C12H15N/c1-9-3-4-11-5-6-13-8-10(2)12(11)7-9/h3-7,10,13H,8H2,1-2H3. The summed E-state index contributed by atoms with van der Waals surface area (Å²) in [4.78, 5) is 0. The second-order valence-corrected chi connectivity index (χ2v) is 3.78. The highest BCUT2D eigenvalue weighted by Gasteiger charge is 2.10. The zero-order chi connectivity index (χ0) is 9.26. The van der Waals surface area contributed by atoms with Crippen molar-refractivity contribution in [3.63, 3.8) is 0 Å². The van der Waals surface area contributed by atoms with E-state index in [1.54, 1.807) is 0 Å². The molecule has 1 atom stereocenters. The summed E-state index contributed by atoms with van der Waals surface area (Å²) in [7, 11) is 0. The van der Waals surface area contributed by atoms with Crippen LogP contribution in [0, 0.1) is 6.92 Å². The average Bonchev–Trinajstić information content (AvgIpc) is 2.29. The molecule has 1 heteroatoms. The minimum Gasteiger partial charge on any atom is -0.390 e. The first kappa shape index (κ1) is 8.36. The van der Waals surface area contributed by atoms with Gasteiger partial charge in [0.1, 0.15) is 0 Å². The average molecular weight is 173 g/mol. The summed E-state index contributed by atoms with van der Waals surface area (Å²) in [6, 6.07) is 6.66. The van der Waals surface area contributed by atoms with E-state index in [2.05, 4.69) is 43.4 Å². The maximum Gasteiger partial charge on any atom is 0.0207 e. The van der Waals surface area contributed by atoms with Crippen LogP contribution in [0.3, 0.4) is 0 Å². The fourth-order valence-corrected chi connectivity index (χ4v) is 1.78. The molecule has 1 nitrogen and oxygen atoms in total. The van der Waals surface area contributed by atoms with E-state index < -0.39 is 0 Å². The molecule has 1 aliphatic rings. The van der Waals surface area contributed by atoms with Crippen LogP contribution in [0.25, 0.3) is 6.08 Å². The van der Waals surface area contributed by atoms with Crippen molar-refractivity contribution in [2.75, 3.05) is 6.54 Å². The Bertz CT molecular complexity index is 339. The van der Waals surface area contributed by atoms with Gasteiger partial charge in [0, 0.05) is 6.54 Å². The fourth-order valence-electron chi connectivity index (χ4n) is 1.78. The SMILES string of the molecule is Cc1ccc2c(c1)C(C)CNC=C2. The van der Waals surface area contributed by atoms with Crippen LogP contribution in [0.5, 0.6) is 0 Å². The van der Waals surface area contributed by atoms with Gasteiger partial charge in [-0.1, -0.05) is 30.7 Å². The van der Waals surface area contributed by atoms with Crippen LogP contribution in [0.15, 0.2) is 24.4 Å². The molecular weight excluding hydrogens is 158 g/mol. The Kier molecular flexibility index (Phi) is 2.09. The molecule has 1 heterocycles. The third kappa shape index (κ3) is 1.59. The predicted molar refractivity (Wildman–Crippen MR) is 56.6 cm³/mol. The van der Waals surface area contributed by atoms with Gasteiger partial charge in [0.05, 0.1) is 0 Å². The molecule has 0 radical (unpaired) electrons. The molecule has 0 amide bonds. The van der Waals surface area contributed by atoms with E-state index in [4.69, 9.17) is 0 Å². The van der Waals surface area contributed by atoms with Crippen molar-refractivity contribution in [3.05, 3.63) is 41.1 Å². The molecule has 68 valence electrons. The Hall–Kier alpha value is -1.24. The van der Waals surface area contributed by atoms with Crippen LogP contribution in [0.1, 0.15) is 29.5 Å². The molecule has 0 aliphatic carbocycles. The van der Waals surface area contributed by atoms with Crippen LogP contribution < -0.4 is 5.32 Å². The van der Waals surface area contributed by atoms with Crippen LogP contribution in [0.4, 0.5) is 0 Å². The van der Waals surface area contributed by atoms with Gasteiger partial charge in [0.25, 0.3) is 0 Å². The summed E-state index contributed by atoms with van der Waals surface area (Å²) >= 11 is 0. The minimum atomic E-state index is 0.602. The van der Waals surface area contributed by atoms with Gasteiger partial charge in [-0.3, -0.25) is 0 Å². The first-order chi connectivity index (χ1) is 6.27. The maximum absolute atomic E-state index is 3.28. The highest BCUT2D eigenvalue weighted by Crippen LogP contribution is 2.23. The van der Waals surface area contributed by atoms with Crippen molar-refractivity contribution in [2.45, 2.75) is 19.8 Å². The first-order valence-corrected chi connectivity index (χ1v) is 4.78. The van der Waals surface area contributed by atoms with Gasteiger partial charge in [-0.05, 0) is 36.2 Å².